The highest BCUT2D eigenvalue weighted by Gasteiger charge is 2.29. The number of aromatic nitrogens is 2. The minimum Gasteiger partial charge on any atom is -0.480 e. The predicted molar refractivity (Wildman–Crippen MR) is 196 cm³/mol. The van der Waals surface area contributed by atoms with Crippen LogP contribution in [-0.2, 0) is 21.4 Å². The fourth-order valence-corrected chi connectivity index (χ4v) is 8.21. The van der Waals surface area contributed by atoms with Crippen LogP contribution in [0.1, 0.15) is 118 Å². The Bertz CT molecular complexity index is 1610. The maximum absolute atomic E-state index is 13.2. The second-order valence-corrected chi connectivity index (χ2v) is 16.1. The summed E-state index contributed by atoms with van der Waals surface area (Å²) in [6.07, 6.45) is 18.3. The SMILES string of the molecule is CCCC1CCC(C2CC=C(c3cnc(-c4ccc(CC(NC(=O)c5ccc(C(C)(C)C)s5)C(=O)N[C@H](C)C(=O)O)cc4)nc3)CC2)CC1. The molecule has 2 amide bonds. The van der Waals surface area contributed by atoms with E-state index in [2.05, 4.69) is 44.4 Å². The Morgan fingerprint density at radius 2 is 1.61 bits per heavy atom. The van der Waals surface area contributed by atoms with Crippen molar-refractivity contribution in [1.82, 2.24) is 20.6 Å². The van der Waals surface area contributed by atoms with Gasteiger partial charge in [-0.25, -0.2) is 9.97 Å². The van der Waals surface area contributed by atoms with Gasteiger partial charge < -0.3 is 15.7 Å². The zero-order valence-corrected chi connectivity index (χ0v) is 30.4. The van der Waals surface area contributed by atoms with Crippen LogP contribution in [-0.4, -0.2) is 44.9 Å². The Morgan fingerprint density at radius 1 is 0.918 bits per heavy atom. The van der Waals surface area contributed by atoms with E-state index in [1.807, 2.05) is 42.7 Å². The number of rotatable bonds is 12. The standard InChI is InChI=1S/C40H52N4O4S/c1-6-7-26-8-12-28(13-9-26)29-16-18-30(19-17-29)32-23-41-36(42-24-32)31-14-10-27(11-15-31)22-33(37(45)43-25(2)39(47)48)44-38(46)34-20-21-35(49-34)40(3,4)5/h10-11,14-15,18,20-21,23-26,28-29,33H,6-9,12-13,16-17,19,22H2,1-5H3,(H,43,45)(H,44,46)(H,47,48)/t25-,26?,28?,29?,33?/m1/s1. The summed E-state index contributed by atoms with van der Waals surface area (Å²) in [5.74, 6) is 1.19. The Kier molecular flexibility index (Phi) is 12.1. The van der Waals surface area contributed by atoms with Crippen LogP contribution in [0.2, 0.25) is 0 Å². The molecule has 0 saturated heterocycles. The van der Waals surface area contributed by atoms with E-state index in [0.29, 0.717) is 10.7 Å². The molecular formula is C40H52N4O4S. The van der Waals surface area contributed by atoms with Crippen LogP contribution in [0.25, 0.3) is 17.0 Å². The predicted octanol–water partition coefficient (Wildman–Crippen LogP) is 8.22. The number of nitrogens with one attached hydrogen (secondary N) is 2. The van der Waals surface area contributed by atoms with E-state index in [0.717, 1.165) is 52.2 Å². The number of thiophene rings is 1. The molecule has 1 aromatic carbocycles. The minimum atomic E-state index is -1.15. The van der Waals surface area contributed by atoms with Crippen molar-refractivity contribution in [2.45, 2.75) is 116 Å². The largest absolute Gasteiger partial charge is 0.480 e. The highest BCUT2D eigenvalue weighted by atomic mass is 32.1. The van der Waals surface area contributed by atoms with Gasteiger partial charge in [0.2, 0.25) is 5.91 Å². The Labute approximate surface area is 295 Å². The Balaban J connectivity index is 1.21. The summed E-state index contributed by atoms with van der Waals surface area (Å²) in [4.78, 5) is 48.7. The molecule has 2 aliphatic carbocycles. The number of hydrogen-bond acceptors (Lipinski definition) is 6. The second kappa shape index (κ2) is 16.2. The molecule has 8 nitrogen and oxygen atoms in total. The van der Waals surface area contributed by atoms with Crippen molar-refractivity contribution in [3.63, 3.8) is 0 Å². The number of carboxylic acid groups (broad SMARTS) is 1. The fourth-order valence-electron chi connectivity index (χ4n) is 7.25. The maximum Gasteiger partial charge on any atom is 0.325 e. The molecule has 0 radical (unpaired) electrons. The smallest absolute Gasteiger partial charge is 0.325 e. The topological polar surface area (TPSA) is 121 Å². The van der Waals surface area contributed by atoms with Crippen LogP contribution < -0.4 is 10.6 Å². The van der Waals surface area contributed by atoms with E-state index in [1.165, 1.54) is 68.8 Å². The first-order chi connectivity index (χ1) is 23.4. The third-order valence-corrected chi connectivity index (χ3v) is 11.8. The van der Waals surface area contributed by atoms with Crippen molar-refractivity contribution in [2.24, 2.45) is 17.8 Å². The van der Waals surface area contributed by atoms with Crippen molar-refractivity contribution in [1.29, 1.82) is 0 Å². The lowest BCUT2D eigenvalue weighted by atomic mass is 9.70. The molecule has 1 fully saturated rings. The summed E-state index contributed by atoms with van der Waals surface area (Å²) in [5.41, 5.74) is 3.99. The molecule has 2 heterocycles. The lowest BCUT2D eigenvalue weighted by molar-refractivity contribution is -0.141. The van der Waals surface area contributed by atoms with E-state index < -0.39 is 24.0 Å². The van der Waals surface area contributed by atoms with Crippen molar-refractivity contribution >= 4 is 34.7 Å². The first-order valence-electron chi connectivity index (χ1n) is 18.0. The molecule has 3 aromatic rings. The Morgan fingerprint density at radius 3 is 2.18 bits per heavy atom. The molecule has 0 spiro atoms. The monoisotopic (exact) mass is 684 g/mol. The molecule has 262 valence electrons. The average molecular weight is 685 g/mol. The first-order valence-corrected chi connectivity index (χ1v) is 18.8. The van der Waals surface area contributed by atoms with Gasteiger partial charge in [-0.05, 0) is 85.5 Å². The number of nitrogens with zero attached hydrogens (tertiary/aromatic N) is 2. The minimum absolute atomic E-state index is 0.105. The van der Waals surface area contributed by atoms with Gasteiger partial charge >= 0.3 is 5.97 Å². The van der Waals surface area contributed by atoms with Gasteiger partial charge in [0.05, 0.1) is 4.88 Å². The number of allylic oxidation sites excluding steroid dienone is 2. The van der Waals surface area contributed by atoms with Crippen LogP contribution in [0, 0.1) is 17.8 Å². The van der Waals surface area contributed by atoms with Gasteiger partial charge in [-0.2, -0.15) is 0 Å². The van der Waals surface area contributed by atoms with Crippen LogP contribution in [0.3, 0.4) is 0 Å². The fraction of sp³-hybridized carbons (Fsp3) is 0.525. The van der Waals surface area contributed by atoms with E-state index in [-0.39, 0.29) is 17.7 Å². The lowest BCUT2D eigenvalue weighted by Gasteiger charge is -2.35. The summed E-state index contributed by atoms with van der Waals surface area (Å²) >= 11 is 1.39. The van der Waals surface area contributed by atoms with Gasteiger partial charge in [0.15, 0.2) is 5.82 Å². The first kappa shape index (κ1) is 36.4. The van der Waals surface area contributed by atoms with Crippen molar-refractivity contribution in [2.75, 3.05) is 0 Å². The number of hydrogen-bond donors (Lipinski definition) is 3. The third-order valence-electron chi connectivity index (χ3n) is 10.3. The summed E-state index contributed by atoms with van der Waals surface area (Å²) in [6, 6.07) is 9.24. The zero-order chi connectivity index (χ0) is 35.1. The quantitative estimate of drug-likeness (QED) is 0.177. The normalized spacial score (nSPS) is 20.9. The molecule has 2 aromatic heterocycles. The molecule has 3 N–H and O–H groups in total. The van der Waals surface area contributed by atoms with Gasteiger partial charge in [-0.15, -0.1) is 11.3 Å². The van der Waals surface area contributed by atoms with Gasteiger partial charge in [0.1, 0.15) is 12.1 Å². The third kappa shape index (κ3) is 9.65. The van der Waals surface area contributed by atoms with Gasteiger partial charge in [-0.3, -0.25) is 14.4 Å². The highest BCUT2D eigenvalue weighted by molar-refractivity contribution is 7.14. The number of aliphatic carboxylic acids is 1. The molecule has 49 heavy (non-hydrogen) atoms. The maximum atomic E-state index is 13.2. The van der Waals surface area contributed by atoms with E-state index in [1.54, 1.807) is 6.07 Å². The number of carbonyl (C=O) groups excluding carboxylic acids is 2. The van der Waals surface area contributed by atoms with Crippen LogP contribution in [0.4, 0.5) is 0 Å². The molecule has 1 saturated carbocycles. The summed E-state index contributed by atoms with van der Waals surface area (Å²) in [6.45, 7) is 9.94. The molecule has 2 unspecified atom stereocenters. The number of benzene rings is 1. The molecule has 0 aliphatic heterocycles. The summed E-state index contributed by atoms with van der Waals surface area (Å²) in [7, 11) is 0. The number of carbonyl (C=O) groups is 3. The van der Waals surface area contributed by atoms with Crippen molar-refractivity contribution in [3.8, 4) is 11.4 Å². The van der Waals surface area contributed by atoms with Crippen molar-refractivity contribution < 1.29 is 19.5 Å². The van der Waals surface area contributed by atoms with Crippen LogP contribution >= 0.6 is 11.3 Å². The van der Waals surface area contributed by atoms with E-state index >= 15 is 0 Å². The molecular weight excluding hydrogens is 633 g/mol. The van der Waals surface area contributed by atoms with Gasteiger partial charge in [0, 0.05) is 34.8 Å². The molecule has 0 bridgehead atoms. The van der Waals surface area contributed by atoms with E-state index in [9.17, 15) is 19.5 Å². The molecule has 3 atom stereocenters. The lowest BCUT2D eigenvalue weighted by Crippen LogP contribution is -2.51. The molecule has 9 heteroatoms. The summed E-state index contributed by atoms with van der Waals surface area (Å²) < 4.78 is 0. The van der Waals surface area contributed by atoms with Crippen LogP contribution in [0.5, 0.6) is 0 Å². The zero-order valence-electron chi connectivity index (χ0n) is 29.6. The van der Waals surface area contributed by atoms with Crippen molar-refractivity contribution in [3.05, 3.63) is 75.7 Å². The summed E-state index contributed by atoms with van der Waals surface area (Å²) in [5, 5.41) is 14.7. The molecule has 5 rings (SSSR count). The number of amides is 2. The number of carboxylic acids is 1. The second-order valence-electron chi connectivity index (χ2n) is 15.0. The highest BCUT2D eigenvalue weighted by Crippen LogP contribution is 2.42. The van der Waals surface area contributed by atoms with Crippen LogP contribution in [0.15, 0.2) is 54.9 Å². The average Bonchev–Trinajstić information content (AvgIpc) is 3.61. The molecule has 2 aliphatic rings. The van der Waals surface area contributed by atoms with Gasteiger partial charge in [0.25, 0.3) is 5.91 Å². The Hall–Kier alpha value is -3.85. The van der Waals surface area contributed by atoms with E-state index in [4.69, 9.17) is 9.97 Å². The van der Waals surface area contributed by atoms with Gasteiger partial charge in [-0.1, -0.05) is 83.7 Å².